The first kappa shape index (κ1) is 13.5. The first-order valence-corrected chi connectivity index (χ1v) is 6.10. The standard InChI is InChI=1S/C13H21N3O/c1-10(2)6-3-4-8-16-13(17)12-11(14)7-5-9-15-12/h5,7,9-10H,3-4,6,8,14H2,1-2H3,(H,16,17). The summed E-state index contributed by atoms with van der Waals surface area (Å²) in [5.41, 5.74) is 6.41. The molecule has 0 saturated carbocycles. The molecule has 0 aliphatic heterocycles. The van der Waals surface area contributed by atoms with E-state index in [1.165, 1.54) is 6.42 Å². The summed E-state index contributed by atoms with van der Waals surface area (Å²) in [7, 11) is 0. The zero-order valence-electron chi connectivity index (χ0n) is 10.6. The molecule has 0 bridgehead atoms. The maximum atomic E-state index is 11.7. The van der Waals surface area contributed by atoms with Crippen LogP contribution in [0, 0.1) is 5.92 Å². The monoisotopic (exact) mass is 235 g/mol. The highest BCUT2D eigenvalue weighted by Crippen LogP contribution is 2.07. The van der Waals surface area contributed by atoms with Gasteiger partial charge in [-0.3, -0.25) is 4.79 Å². The number of unbranched alkanes of at least 4 members (excludes halogenated alkanes) is 1. The molecular formula is C13H21N3O. The van der Waals surface area contributed by atoms with Crippen LogP contribution < -0.4 is 11.1 Å². The Labute approximate surface area is 103 Å². The number of anilines is 1. The van der Waals surface area contributed by atoms with E-state index in [4.69, 9.17) is 5.73 Å². The van der Waals surface area contributed by atoms with E-state index < -0.39 is 0 Å². The van der Waals surface area contributed by atoms with Crippen LogP contribution in [0.4, 0.5) is 5.69 Å². The van der Waals surface area contributed by atoms with Gasteiger partial charge in [0.05, 0.1) is 5.69 Å². The highest BCUT2D eigenvalue weighted by Gasteiger charge is 2.09. The van der Waals surface area contributed by atoms with Crippen LogP contribution in [0.2, 0.25) is 0 Å². The summed E-state index contributed by atoms with van der Waals surface area (Å²) in [6.07, 6.45) is 4.90. The molecule has 0 spiro atoms. The van der Waals surface area contributed by atoms with E-state index in [-0.39, 0.29) is 5.91 Å². The van der Waals surface area contributed by atoms with Gasteiger partial charge in [-0.2, -0.15) is 0 Å². The fourth-order valence-corrected chi connectivity index (χ4v) is 1.57. The van der Waals surface area contributed by atoms with Gasteiger partial charge in [0.15, 0.2) is 5.69 Å². The van der Waals surface area contributed by atoms with E-state index >= 15 is 0 Å². The second-order valence-corrected chi connectivity index (χ2v) is 4.59. The molecule has 0 saturated heterocycles. The molecule has 1 heterocycles. The maximum Gasteiger partial charge on any atom is 0.272 e. The molecule has 3 N–H and O–H groups in total. The molecule has 4 nitrogen and oxygen atoms in total. The van der Waals surface area contributed by atoms with Gasteiger partial charge in [0.25, 0.3) is 5.91 Å². The zero-order chi connectivity index (χ0) is 12.7. The Hall–Kier alpha value is -1.58. The highest BCUT2D eigenvalue weighted by molar-refractivity contribution is 5.96. The lowest BCUT2D eigenvalue weighted by molar-refractivity contribution is 0.0949. The van der Waals surface area contributed by atoms with Gasteiger partial charge >= 0.3 is 0 Å². The molecule has 0 aliphatic rings. The number of pyridine rings is 1. The molecule has 0 atom stereocenters. The average Bonchev–Trinajstić information content (AvgIpc) is 2.28. The van der Waals surface area contributed by atoms with E-state index in [0.29, 0.717) is 17.9 Å². The van der Waals surface area contributed by atoms with Crippen LogP contribution in [0.25, 0.3) is 0 Å². The Morgan fingerprint density at radius 3 is 2.88 bits per heavy atom. The topological polar surface area (TPSA) is 68.0 Å². The van der Waals surface area contributed by atoms with Crippen molar-refractivity contribution >= 4 is 11.6 Å². The molecule has 1 aromatic rings. The number of nitrogens with one attached hydrogen (secondary N) is 1. The van der Waals surface area contributed by atoms with Crippen LogP contribution in [0.1, 0.15) is 43.6 Å². The second-order valence-electron chi connectivity index (χ2n) is 4.59. The predicted molar refractivity (Wildman–Crippen MR) is 69.7 cm³/mol. The lowest BCUT2D eigenvalue weighted by atomic mass is 10.1. The van der Waals surface area contributed by atoms with Gasteiger partial charge in [0.2, 0.25) is 0 Å². The van der Waals surface area contributed by atoms with Gasteiger partial charge in [-0.25, -0.2) is 4.98 Å². The Morgan fingerprint density at radius 1 is 1.47 bits per heavy atom. The Balaban J connectivity index is 2.29. The highest BCUT2D eigenvalue weighted by atomic mass is 16.1. The lowest BCUT2D eigenvalue weighted by Crippen LogP contribution is -2.26. The Bertz CT molecular complexity index is 363. The molecule has 94 valence electrons. The summed E-state index contributed by atoms with van der Waals surface area (Å²) in [4.78, 5) is 15.7. The summed E-state index contributed by atoms with van der Waals surface area (Å²) in [5, 5.41) is 2.83. The average molecular weight is 235 g/mol. The van der Waals surface area contributed by atoms with Gasteiger partial charge < -0.3 is 11.1 Å². The molecule has 1 rings (SSSR count). The number of rotatable bonds is 6. The number of carbonyl (C=O) groups excluding carboxylic acids is 1. The van der Waals surface area contributed by atoms with E-state index in [1.807, 2.05) is 0 Å². The van der Waals surface area contributed by atoms with Crippen molar-refractivity contribution in [3.63, 3.8) is 0 Å². The molecule has 0 unspecified atom stereocenters. The Kier molecular flexibility index (Phi) is 5.46. The van der Waals surface area contributed by atoms with Gasteiger partial charge in [0, 0.05) is 12.7 Å². The SMILES string of the molecule is CC(C)CCCCNC(=O)c1ncccc1N. The number of nitrogens with zero attached hydrogens (tertiary/aromatic N) is 1. The van der Waals surface area contributed by atoms with E-state index in [9.17, 15) is 4.79 Å². The fraction of sp³-hybridized carbons (Fsp3) is 0.538. The minimum atomic E-state index is -0.187. The quantitative estimate of drug-likeness (QED) is 0.743. The largest absolute Gasteiger partial charge is 0.397 e. The predicted octanol–water partition coefficient (Wildman–Crippen LogP) is 2.22. The van der Waals surface area contributed by atoms with Gasteiger partial charge in [-0.05, 0) is 24.5 Å². The maximum absolute atomic E-state index is 11.7. The number of hydrogen-bond acceptors (Lipinski definition) is 3. The fourth-order valence-electron chi connectivity index (χ4n) is 1.57. The molecule has 0 radical (unpaired) electrons. The van der Waals surface area contributed by atoms with Crippen molar-refractivity contribution in [3.05, 3.63) is 24.0 Å². The number of nitrogens with two attached hydrogens (primary N) is 1. The minimum absolute atomic E-state index is 0.187. The van der Waals surface area contributed by atoms with Gasteiger partial charge in [-0.15, -0.1) is 0 Å². The van der Waals surface area contributed by atoms with E-state index in [1.54, 1.807) is 18.3 Å². The molecular weight excluding hydrogens is 214 g/mol. The summed E-state index contributed by atoms with van der Waals surface area (Å²) in [6, 6.07) is 3.40. The van der Waals surface area contributed by atoms with Crippen molar-refractivity contribution in [1.29, 1.82) is 0 Å². The van der Waals surface area contributed by atoms with Crippen LogP contribution in [-0.2, 0) is 0 Å². The first-order valence-electron chi connectivity index (χ1n) is 6.10. The molecule has 4 heteroatoms. The van der Waals surface area contributed by atoms with Crippen molar-refractivity contribution in [2.24, 2.45) is 5.92 Å². The first-order chi connectivity index (χ1) is 8.11. The van der Waals surface area contributed by atoms with Crippen molar-refractivity contribution in [2.45, 2.75) is 33.1 Å². The number of aromatic nitrogens is 1. The summed E-state index contributed by atoms with van der Waals surface area (Å²) in [6.45, 7) is 5.09. The third-order valence-corrected chi connectivity index (χ3v) is 2.55. The summed E-state index contributed by atoms with van der Waals surface area (Å²) < 4.78 is 0. The normalized spacial score (nSPS) is 10.5. The van der Waals surface area contributed by atoms with Crippen molar-refractivity contribution in [1.82, 2.24) is 10.3 Å². The lowest BCUT2D eigenvalue weighted by Gasteiger charge is -2.07. The zero-order valence-corrected chi connectivity index (χ0v) is 10.6. The van der Waals surface area contributed by atoms with Gasteiger partial charge in [-0.1, -0.05) is 26.7 Å². The molecule has 1 aromatic heterocycles. The molecule has 0 aromatic carbocycles. The molecule has 0 fully saturated rings. The molecule has 1 amide bonds. The summed E-state index contributed by atoms with van der Waals surface area (Å²) >= 11 is 0. The molecule has 17 heavy (non-hydrogen) atoms. The Morgan fingerprint density at radius 2 is 2.24 bits per heavy atom. The smallest absolute Gasteiger partial charge is 0.272 e. The van der Waals surface area contributed by atoms with Crippen LogP contribution >= 0.6 is 0 Å². The van der Waals surface area contributed by atoms with Crippen LogP contribution in [-0.4, -0.2) is 17.4 Å². The number of carbonyl (C=O) groups is 1. The summed E-state index contributed by atoms with van der Waals surface area (Å²) in [5.74, 6) is 0.532. The van der Waals surface area contributed by atoms with Crippen LogP contribution in [0.3, 0.4) is 0 Å². The van der Waals surface area contributed by atoms with Crippen LogP contribution in [0.5, 0.6) is 0 Å². The van der Waals surface area contributed by atoms with E-state index in [0.717, 1.165) is 18.8 Å². The van der Waals surface area contributed by atoms with Crippen molar-refractivity contribution in [2.75, 3.05) is 12.3 Å². The third kappa shape index (κ3) is 4.85. The number of amides is 1. The number of hydrogen-bond donors (Lipinski definition) is 2. The van der Waals surface area contributed by atoms with Gasteiger partial charge in [0.1, 0.15) is 0 Å². The van der Waals surface area contributed by atoms with Crippen molar-refractivity contribution < 1.29 is 4.79 Å². The van der Waals surface area contributed by atoms with Crippen molar-refractivity contribution in [3.8, 4) is 0 Å². The number of nitrogen functional groups attached to an aromatic ring is 1. The molecule has 0 aliphatic carbocycles. The van der Waals surface area contributed by atoms with Crippen LogP contribution in [0.15, 0.2) is 18.3 Å². The second kappa shape index (κ2) is 6.89. The third-order valence-electron chi connectivity index (χ3n) is 2.55. The van der Waals surface area contributed by atoms with E-state index in [2.05, 4.69) is 24.1 Å². The minimum Gasteiger partial charge on any atom is -0.397 e.